The second-order valence-corrected chi connectivity index (χ2v) is 10.8. The predicted molar refractivity (Wildman–Crippen MR) is 128 cm³/mol. The van der Waals surface area contributed by atoms with Gasteiger partial charge >= 0.3 is 0 Å². The summed E-state index contributed by atoms with van der Waals surface area (Å²) in [7, 11) is 0. The van der Waals surface area contributed by atoms with Crippen molar-refractivity contribution in [3.05, 3.63) is 16.3 Å². The minimum absolute atomic E-state index is 0.0367. The summed E-state index contributed by atoms with van der Waals surface area (Å²) >= 11 is 1.89. The van der Waals surface area contributed by atoms with E-state index in [1.165, 1.54) is 39.9 Å². The molecule has 1 amide bonds. The maximum Gasteiger partial charge on any atom is 0.222 e. The van der Waals surface area contributed by atoms with Gasteiger partial charge in [-0.05, 0) is 44.1 Å². The monoisotopic (exact) mass is 457 g/mol. The molecule has 0 radical (unpaired) electrons. The van der Waals surface area contributed by atoms with Crippen molar-refractivity contribution in [3.8, 4) is 0 Å². The van der Waals surface area contributed by atoms with E-state index in [-0.39, 0.29) is 17.9 Å². The van der Waals surface area contributed by atoms with E-state index in [0.29, 0.717) is 0 Å². The molecule has 2 aromatic heterocycles. The molecular weight excluding hydrogens is 422 g/mol. The first-order chi connectivity index (χ1) is 15.6. The summed E-state index contributed by atoms with van der Waals surface area (Å²) in [6, 6.07) is 0.266. The highest BCUT2D eigenvalue weighted by atomic mass is 32.1. The highest BCUT2D eigenvalue weighted by Crippen LogP contribution is 2.40. The molecule has 2 fully saturated rings. The molecule has 1 N–H and O–H groups in total. The van der Waals surface area contributed by atoms with Gasteiger partial charge in [0.25, 0.3) is 0 Å². The number of carbonyl (C=O) groups is 1. The number of amides is 1. The first kappa shape index (κ1) is 22.0. The van der Waals surface area contributed by atoms with Crippen LogP contribution in [0.15, 0.2) is 0 Å². The van der Waals surface area contributed by atoms with Gasteiger partial charge in [-0.25, -0.2) is 9.97 Å². The minimum atomic E-state index is 0.0367. The van der Waals surface area contributed by atoms with Gasteiger partial charge in [-0.15, -0.1) is 11.3 Å². The van der Waals surface area contributed by atoms with Gasteiger partial charge in [0.1, 0.15) is 16.5 Å². The molecule has 32 heavy (non-hydrogen) atoms. The topological polar surface area (TPSA) is 70.6 Å². The number of ether oxygens (including phenoxy) is 1. The molecule has 0 saturated carbocycles. The fraction of sp³-hybridized carbons (Fsp3) is 0.708. The lowest BCUT2D eigenvalue weighted by molar-refractivity contribution is -0.124. The van der Waals surface area contributed by atoms with E-state index in [9.17, 15) is 4.79 Å². The summed E-state index contributed by atoms with van der Waals surface area (Å²) in [5.74, 6) is 2.26. The van der Waals surface area contributed by atoms with Gasteiger partial charge < -0.3 is 15.0 Å². The standard InChI is InChI=1S/C24H35N5O2S/c1-16(2)23(30)25-17-7-9-29(10-8-17)22-21-18-5-3-4-6-19(18)32-24(21)27-20(26-22)15-28-11-13-31-14-12-28/h16-17H,3-15H2,1-2H3,(H,25,30). The number of fused-ring (bicyclic) bond motifs is 3. The first-order valence-corrected chi connectivity index (χ1v) is 13.1. The normalized spacial score (nSPS) is 20.7. The molecule has 2 aliphatic heterocycles. The Kier molecular flexibility index (Phi) is 6.62. The molecule has 0 bridgehead atoms. The van der Waals surface area contributed by atoms with Gasteiger partial charge in [-0.2, -0.15) is 0 Å². The number of thiophene rings is 1. The van der Waals surface area contributed by atoms with Gasteiger partial charge in [0.15, 0.2) is 0 Å². The quantitative estimate of drug-likeness (QED) is 0.744. The average Bonchev–Trinajstić information content (AvgIpc) is 3.18. The second-order valence-electron chi connectivity index (χ2n) is 9.67. The molecule has 1 aliphatic carbocycles. The van der Waals surface area contributed by atoms with Crippen LogP contribution in [0.3, 0.4) is 0 Å². The third-order valence-corrected chi connectivity index (χ3v) is 8.16. The molecule has 0 unspecified atom stereocenters. The summed E-state index contributed by atoms with van der Waals surface area (Å²) in [5.41, 5.74) is 1.50. The molecule has 4 heterocycles. The number of carbonyl (C=O) groups excluding carboxylic acids is 1. The van der Waals surface area contributed by atoms with Crippen LogP contribution >= 0.6 is 11.3 Å². The zero-order valence-electron chi connectivity index (χ0n) is 19.4. The number of aromatic nitrogens is 2. The minimum Gasteiger partial charge on any atom is -0.379 e. The Morgan fingerprint density at radius 2 is 1.88 bits per heavy atom. The molecule has 2 saturated heterocycles. The second kappa shape index (κ2) is 9.61. The Morgan fingerprint density at radius 1 is 1.12 bits per heavy atom. The van der Waals surface area contributed by atoms with Crippen molar-refractivity contribution in [1.29, 1.82) is 0 Å². The van der Waals surface area contributed by atoms with E-state index in [1.807, 2.05) is 25.2 Å². The fourth-order valence-electron chi connectivity index (χ4n) is 5.04. The number of aryl methyl sites for hydroxylation is 2. The number of rotatable bonds is 5. The van der Waals surface area contributed by atoms with Crippen molar-refractivity contribution in [2.45, 2.75) is 65.0 Å². The Hall–Kier alpha value is -1.77. The molecule has 7 nitrogen and oxygen atoms in total. The fourth-order valence-corrected chi connectivity index (χ4v) is 6.32. The Labute approximate surface area is 194 Å². The van der Waals surface area contributed by atoms with Gasteiger partial charge in [0.2, 0.25) is 5.91 Å². The third-order valence-electron chi connectivity index (χ3n) is 6.98. The van der Waals surface area contributed by atoms with Crippen molar-refractivity contribution in [1.82, 2.24) is 20.2 Å². The molecule has 5 rings (SSSR count). The molecule has 0 aromatic carbocycles. The number of hydrogen-bond acceptors (Lipinski definition) is 7. The number of nitrogens with zero attached hydrogens (tertiary/aromatic N) is 4. The summed E-state index contributed by atoms with van der Waals surface area (Å²) in [6.45, 7) is 10.0. The molecule has 3 aliphatic rings. The Morgan fingerprint density at radius 3 is 2.62 bits per heavy atom. The van der Waals surface area contributed by atoms with Crippen LogP contribution in [-0.2, 0) is 28.9 Å². The maximum atomic E-state index is 12.1. The number of morpholine rings is 1. The van der Waals surface area contributed by atoms with E-state index in [4.69, 9.17) is 14.7 Å². The van der Waals surface area contributed by atoms with Crippen LogP contribution < -0.4 is 10.2 Å². The highest BCUT2D eigenvalue weighted by Gasteiger charge is 2.28. The van der Waals surface area contributed by atoms with Gasteiger partial charge in [0, 0.05) is 43.0 Å². The SMILES string of the molecule is CC(C)C(=O)NC1CCN(c2nc(CN3CCOCC3)nc3sc4c(c23)CCCC4)CC1. The van der Waals surface area contributed by atoms with Crippen LogP contribution in [-0.4, -0.2) is 66.2 Å². The van der Waals surface area contributed by atoms with E-state index in [1.54, 1.807) is 0 Å². The van der Waals surface area contributed by atoms with Crippen LogP contribution in [0.5, 0.6) is 0 Å². The maximum absolute atomic E-state index is 12.1. The van der Waals surface area contributed by atoms with Crippen LogP contribution in [0.2, 0.25) is 0 Å². The van der Waals surface area contributed by atoms with Crippen LogP contribution in [0.1, 0.15) is 55.8 Å². The van der Waals surface area contributed by atoms with Crippen molar-refractivity contribution < 1.29 is 9.53 Å². The summed E-state index contributed by atoms with van der Waals surface area (Å²) < 4.78 is 5.52. The lowest BCUT2D eigenvalue weighted by Crippen LogP contribution is -2.46. The third kappa shape index (κ3) is 4.63. The number of nitrogens with one attached hydrogen (secondary N) is 1. The zero-order valence-corrected chi connectivity index (χ0v) is 20.2. The van der Waals surface area contributed by atoms with Gasteiger partial charge in [0.05, 0.1) is 25.1 Å². The molecule has 0 spiro atoms. The van der Waals surface area contributed by atoms with E-state index < -0.39 is 0 Å². The number of hydrogen-bond donors (Lipinski definition) is 1. The zero-order chi connectivity index (χ0) is 22.1. The number of anilines is 1. The van der Waals surface area contributed by atoms with E-state index in [0.717, 1.165) is 76.8 Å². The van der Waals surface area contributed by atoms with E-state index in [2.05, 4.69) is 15.1 Å². The summed E-state index contributed by atoms with van der Waals surface area (Å²) in [6.07, 6.45) is 6.80. The van der Waals surface area contributed by atoms with Gasteiger partial charge in [-0.1, -0.05) is 13.8 Å². The highest BCUT2D eigenvalue weighted by molar-refractivity contribution is 7.19. The molecular formula is C24H35N5O2S. The van der Waals surface area contributed by atoms with Crippen LogP contribution in [0.4, 0.5) is 5.82 Å². The molecule has 174 valence electrons. The van der Waals surface area contributed by atoms with Crippen molar-refractivity contribution >= 4 is 33.3 Å². The van der Waals surface area contributed by atoms with Crippen LogP contribution in [0, 0.1) is 5.92 Å². The Balaban J connectivity index is 1.41. The predicted octanol–water partition coefficient (Wildman–Crippen LogP) is 3.14. The van der Waals surface area contributed by atoms with Crippen LogP contribution in [0.25, 0.3) is 10.2 Å². The molecule has 8 heteroatoms. The van der Waals surface area contributed by atoms with Gasteiger partial charge in [-0.3, -0.25) is 9.69 Å². The van der Waals surface area contributed by atoms with Crippen molar-refractivity contribution in [2.75, 3.05) is 44.3 Å². The summed E-state index contributed by atoms with van der Waals surface area (Å²) in [5, 5.41) is 4.53. The first-order valence-electron chi connectivity index (χ1n) is 12.2. The van der Waals surface area contributed by atoms with Crippen molar-refractivity contribution in [2.24, 2.45) is 5.92 Å². The summed E-state index contributed by atoms with van der Waals surface area (Å²) in [4.78, 5) is 29.9. The lowest BCUT2D eigenvalue weighted by atomic mass is 9.96. The van der Waals surface area contributed by atoms with E-state index >= 15 is 0 Å². The Bertz CT molecular complexity index is 961. The molecule has 0 atom stereocenters. The average molecular weight is 458 g/mol. The lowest BCUT2D eigenvalue weighted by Gasteiger charge is -2.34. The molecule has 2 aromatic rings. The number of piperidine rings is 1. The largest absolute Gasteiger partial charge is 0.379 e. The smallest absolute Gasteiger partial charge is 0.222 e. The van der Waals surface area contributed by atoms with Crippen molar-refractivity contribution in [3.63, 3.8) is 0 Å².